The molecule has 0 aliphatic carbocycles. The van der Waals surface area contributed by atoms with Crippen molar-refractivity contribution < 1.29 is 0 Å². The van der Waals surface area contributed by atoms with E-state index in [1.54, 1.807) is 0 Å². The Morgan fingerprint density at radius 3 is 2.74 bits per heavy atom. The lowest BCUT2D eigenvalue weighted by Crippen LogP contribution is -2.42. The van der Waals surface area contributed by atoms with E-state index in [2.05, 4.69) is 49.2 Å². The minimum atomic E-state index is 0.337. The summed E-state index contributed by atoms with van der Waals surface area (Å²) < 4.78 is 0. The first-order chi connectivity index (χ1) is 9.04. The zero-order chi connectivity index (χ0) is 14.0. The average Bonchev–Trinajstić information content (AvgIpc) is 2.41. The zero-order valence-electron chi connectivity index (χ0n) is 12.4. The van der Waals surface area contributed by atoms with Crippen molar-refractivity contribution in [1.29, 1.82) is 0 Å². The molecule has 3 heteroatoms. The number of hydrogen-bond acceptors (Lipinski definition) is 2. The van der Waals surface area contributed by atoms with Crippen molar-refractivity contribution in [3.8, 4) is 0 Å². The lowest BCUT2D eigenvalue weighted by atomic mass is 9.91. The van der Waals surface area contributed by atoms with Crippen molar-refractivity contribution in [1.82, 2.24) is 5.32 Å². The quantitative estimate of drug-likeness (QED) is 0.891. The maximum Gasteiger partial charge on any atom is 0.0642 e. The minimum Gasteiger partial charge on any atom is -0.367 e. The van der Waals surface area contributed by atoms with Gasteiger partial charge in [0.2, 0.25) is 0 Å². The minimum absolute atomic E-state index is 0.337. The van der Waals surface area contributed by atoms with E-state index in [1.807, 2.05) is 7.05 Å². The fourth-order valence-corrected chi connectivity index (χ4v) is 3.17. The van der Waals surface area contributed by atoms with Gasteiger partial charge in [-0.1, -0.05) is 24.6 Å². The van der Waals surface area contributed by atoms with Gasteiger partial charge < -0.3 is 10.2 Å². The summed E-state index contributed by atoms with van der Waals surface area (Å²) in [4.78, 5) is 2.46. The monoisotopic (exact) mass is 280 g/mol. The van der Waals surface area contributed by atoms with E-state index in [0.29, 0.717) is 12.1 Å². The molecule has 0 radical (unpaired) electrons. The first kappa shape index (κ1) is 14.7. The van der Waals surface area contributed by atoms with Gasteiger partial charge in [-0.15, -0.1) is 0 Å². The van der Waals surface area contributed by atoms with Crippen LogP contribution in [0.5, 0.6) is 0 Å². The molecule has 1 heterocycles. The number of anilines is 1. The van der Waals surface area contributed by atoms with Crippen LogP contribution in [0.1, 0.15) is 45.2 Å². The third-order valence-corrected chi connectivity index (χ3v) is 4.89. The number of piperidine rings is 1. The van der Waals surface area contributed by atoms with E-state index < -0.39 is 0 Å². The molecule has 0 aromatic heterocycles. The molecule has 1 aliphatic heterocycles. The molecule has 2 nitrogen and oxygen atoms in total. The molecule has 0 bridgehead atoms. The van der Waals surface area contributed by atoms with Crippen LogP contribution in [0.3, 0.4) is 0 Å². The van der Waals surface area contributed by atoms with E-state index in [1.165, 1.54) is 24.1 Å². The summed E-state index contributed by atoms with van der Waals surface area (Å²) in [7, 11) is 1.97. The molecule has 1 saturated heterocycles. The normalized spacial score (nSPS) is 25.4. The Hall–Kier alpha value is -0.730. The number of rotatable bonds is 3. The standard InChI is InChI=1S/C16H25ClN2/c1-11-6-5-9-19(13(11)3)16-8-7-14(10-15(16)17)12(2)18-4/h7-8,10-13,18H,5-6,9H2,1-4H3. The van der Waals surface area contributed by atoms with Crippen LogP contribution >= 0.6 is 11.6 Å². The van der Waals surface area contributed by atoms with E-state index in [-0.39, 0.29) is 0 Å². The molecular weight excluding hydrogens is 256 g/mol. The predicted molar refractivity (Wildman–Crippen MR) is 84.1 cm³/mol. The van der Waals surface area contributed by atoms with Gasteiger partial charge in [-0.3, -0.25) is 0 Å². The van der Waals surface area contributed by atoms with Gasteiger partial charge in [0.15, 0.2) is 0 Å². The van der Waals surface area contributed by atoms with Gasteiger partial charge in [0.05, 0.1) is 10.7 Å². The molecule has 1 fully saturated rings. The lowest BCUT2D eigenvalue weighted by Gasteiger charge is -2.40. The smallest absolute Gasteiger partial charge is 0.0642 e. The van der Waals surface area contributed by atoms with Crippen molar-refractivity contribution in [2.24, 2.45) is 5.92 Å². The number of benzene rings is 1. The maximum atomic E-state index is 6.51. The highest BCUT2D eigenvalue weighted by Gasteiger charge is 2.26. The van der Waals surface area contributed by atoms with Crippen molar-refractivity contribution in [2.75, 3.05) is 18.5 Å². The van der Waals surface area contributed by atoms with E-state index in [9.17, 15) is 0 Å². The third-order valence-electron chi connectivity index (χ3n) is 4.59. The largest absolute Gasteiger partial charge is 0.367 e. The van der Waals surface area contributed by atoms with Crippen LogP contribution in [0.25, 0.3) is 0 Å². The van der Waals surface area contributed by atoms with Crippen molar-refractivity contribution in [3.05, 3.63) is 28.8 Å². The van der Waals surface area contributed by atoms with Crippen LogP contribution < -0.4 is 10.2 Å². The van der Waals surface area contributed by atoms with Gasteiger partial charge in [0, 0.05) is 18.6 Å². The number of hydrogen-bond donors (Lipinski definition) is 1. The van der Waals surface area contributed by atoms with E-state index in [0.717, 1.165) is 17.5 Å². The molecular formula is C16H25ClN2. The molecule has 3 unspecified atom stereocenters. The Balaban J connectivity index is 2.25. The van der Waals surface area contributed by atoms with E-state index in [4.69, 9.17) is 11.6 Å². The van der Waals surface area contributed by atoms with Crippen LogP contribution in [-0.2, 0) is 0 Å². The fourth-order valence-electron chi connectivity index (χ4n) is 2.87. The molecule has 0 spiro atoms. The Morgan fingerprint density at radius 2 is 2.11 bits per heavy atom. The van der Waals surface area contributed by atoms with Crippen molar-refractivity contribution >= 4 is 17.3 Å². The third kappa shape index (κ3) is 3.06. The molecule has 1 N–H and O–H groups in total. The van der Waals surface area contributed by atoms with Crippen LogP contribution in [0.4, 0.5) is 5.69 Å². The summed E-state index contributed by atoms with van der Waals surface area (Å²) in [5.74, 6) is 0.737. The van der Waals surface area contributed by atoms with Crippen LogP contribution in [0, 0.1) is 5.92 Å². The van der Waals surface area contributed by atoms with Gasteiger partial charge in [-0.2, -0.15) is 0 Å². The molecule has 1 aromatic carbocycles. The maximum absolute atomic E-state index is 6.51. The first-order valence-corrected chi connectivity index (χ1v) is 7.65. The Labute approximate surface area is 122 Å². The SMILES string of the molecule is CNC(C)c1ccc(N2CCCC(C)C2C)c(Cl)c1. The lowest BCUT2D eigenvalue weighted by molar-refractivity contribution is 0.363. The molecule has 3 atom stereocenters. The molecule has 2 rings (SSSR count). The first-order valence-electron chi connectivity index (χ1n) is 7.28. The van der Waals surface area contributed by atoms with Crippen molar-refractivity contribution in [2.45, 2.75) is 45.7 Å². The molecule has 19 heavy (non-hydrogen) atoms. The molecule has 106 valence electrons. The topological polar surface area (TPSA) is 15.3 Å². The number of nitrogens with zero attached hydrogens (tertiary/aromatic N) is 1. The zero-order valence-corrected chi connectivity index (χ0v) is 13.2. The summed E-state index contributed by atoms with van der Waals surface area (Å²) in [5.41, 5.74) is 2.43. The van der Waals surface area contributed by atoms with Gasteiger partial charge >= 0.3 is 0 Å². The highest BCUT2D eigenvalue weighted by Crippen LogP contribution is 2.34. The second kappa shape index (κ2) is 6.15. The van der Waals surface area contributed by atoms with Gasteiger partial charge in [-0.25, -0.2) is 0 Å². The molecule has 0 saturated carbocycles. The van der Waals surface area contributed by atoms with Crippen molar-refractivity contribution in [3.63, 3.8) is 0 Å². The Morgan fingerprint density at radius 1 is 1.37 bits per heavy atom. The van der Waals surface area contributed by atoms with Crippen LogP contribution in [0.2, 0.25) is 5.02 Å². The summed E-state index contributed by atoms with van der Waals surface area (Å²) in [6.45, 7) is 7.91. The summed E-state index contributed by atoms with van der Waals surface area (Å²) in [6.07, 6.45) is 2.58. The van der Waals surface area contributed by atoms with Gasteiger partial charge in [0.1, 0.15) is 0 Å². The highest BCUT2D eigenvalue weighted by atomic mass is 35.5. The number of halogens is 1. The number of nitrogens with one attached hydrogen (secondary N) is 1. The summed E-state index contributed by atoms with van der Waals surface area (Å²) in [5, 5.41) is 4.13. The van der Waals surface area contributed by atoms with Gasteiger partial charge in [0.25, 0.3) is 0 Å². The summed E-state index contributed by atoms with van der Waals surface area (Å²) >= 11 is 6.51. The average molecular weight is 281 g/mol. The second-order valence-corrected chi connectivity index (χ2v) is 6.18. The molecule has 1 aliphatic rings. The predicted octanol–water partition coefficient (Wildman–Crippen LogP) is 4.25. The van der Waals surface area contributed by atoms with Crippen LogP contribution in [-0.4, -0.2) is 19.6 Å². The van der Waals surface area contributed by atoms with E-state index >= 15 is 0 Å². The Bertz CT molecular complexity index is 433. The molecule has 1 aromatic rings. The fraction of sp³-hybridized carbons (Fsp3) is 0.625. The highest BCUT2D eigenvalue weighted by molar-refractivity contribution is 6.33. The second-order valence-electron chi connectivity index (χ2n) is 5.77. The van der Waals surface area contributed by atoms with Gasteiger partial charge in [-0.05, 0) is 57.4 Å². The summed E-state index contributed by atoms with van der Waals surface area (Å²) in [6, 6.07) is 7.38. The van der Waals surface area contributed by atoms with Crippen LogP contribution in [0.15, 0.2) is 18.2 Å². The molecule has 0 amide bonds. The Kier molecular flexibility index (Phi) is 4.75.